The SMILES string of the molecule is CCNCc1cc(CN(C)Cc2ccccn2)on1. The minimum absolute atomic E-state index is 0.732. The smallest absolute Gasteiger partial charge is 0.151 e. The van der Waals surface area contributed by atoms with Gasteiger partial charge in [0.1, 0.15) is 0 Å². The van der Waals surface area contributed by atoms with E-state index < -0.39 is 0 Å². The standard InChI is InChI=1S/C14H20N4O/c1-3-15-9-13-8-14(19-17-13)11-18(2)10-12-6-4-5-7-16-12/h4-8,15H,3,9-11H2,1-2H3. The number of hydrogen-bond donors (Lipinski definition) is 1. The van der Waals surface area contributed by atoms with Crippen LogP contribution in [0.2, 0.25) is 0 Å². The minimum Gasteiger partial charge on any atom is -0.360 e. The molecule has 19 heavy (non-hydrogen) atoms. The number of aromatic nitrogens is 2. The lowest BCUT2D eigenvalue weighted by molar-refractivity contribution is 0.263. The lowest BCUT2D eigenvalue weighted by Crippen LogP contribution is -2.17. The summed E-state index contributed by atoms with van der Waals surface area (Å²) in [6.07, 6.45) is 1.81. The van der Waals surface area contributed by atoms with Crippen molar-refractivity contribution in [3.8, 4) is 0 Å². The first-order valence-electron chi connectivity index (χ1n) is 6.51. The molecule has 0 saturated carbocycles. The molecule has 0 spiro atoms. The van der Waals surface area contributed by atoms with Crippen LogP contribution in [0, 0.1) is 0 Å². The highest BCUT2D eigenvalue weighted by Gasteiger charge is 2.08. The summed E-state index contributed by atoms with van der Waals surface area (Å²) >= 11 is 0. The number of nitrogens with one attached hydrogen (secondary N) is 1. The Morgan fingerprint density at radius 2 is 2.16 bits per heavy atom. The normalized spacial score (nSPS) is 11.1. The summed E-state index contributed by atoms with van der Waals surface area (Å²) in [4.78, 5) is 6.46. The molecule has 1 N–H and O–H groups in total. The van der Waals surface area contributed by atoms with Gasteiger partial charge in [0.05, 0.1) is 17.9 Å². The lowest BCUT2D eigenvalue weighted by Gasteiger charge is -2.13. The van der Waals surface area contributed by atoms with Gasteiger partial charge in [-0.15, -0.1) is 0 Å². The third-order valence-corrected chi connectivity index (χ3v) is 2.75. The molecule has 2 aromatic heterocycles. The second kappa shape index (κ2) is 7.01. The fourth-order valence-corrected chi connectivity index (χ4v) is 1.86. The van der Waals surface area contributed by atoms with Crippen LogP contribution in [-0.2, 0) is 19.6 Å². The van der Waals surface area contributed by atoms with Crippen LogP contribution in [0.4, 0.5) is 0 Å². The monoisotopic (exact) mass is 260 g/mol. The average Bonchev–Trinajstić information content (AvgIpc) is 2.85. The van der Waals surface area contributed by atoms with Crippen LogP contribution in [0.25, 0.3) is 0 Å². The summed E-state index contributed by atoms with van der Waals surface area (Å²) in [6.45, 7) is 5.28. The topological polar surface area (TPSA) is 54.2 Å². The summed E-state index contributed by atoms with van der Waals surface area (Å²) in [7, 11) is 2.04. The molecule has 0 unspecified atom stereocenters. The molecule has 0 bridgehead atoms. The van der Waals surface area contributed by atoms with Crippen molar-refractivity contribution < 1.29 is 4.52 Å². The van der Waals surface area contributed by atoms with Crippen molar-refractivity contribution in [2.45, 2.75) is 26.6 Å². The first-order chi connectivity index (χ1) is 9.28. The van der Waals surface area contributed by atoms with E-state index in [0.717, 1.165) is 43.3 Å². The van der Waals surface area contributed by atoms with Crippen LogP contribution >= 0.6 is 0 Å². The van der Waals surface area contributed by atoms with Gasteiger partial charge in [-0.25, -0.2) is 0 Å². The van der Waals surface area contributed by atoms with Crippen LogP contribution in [0.3, 0.4) is 0 Å². The van der Waals surface area contributed by atoms with Crippen molar-refractivity contribution in [1.29, 1.82) is 0 Å². The van der Waals surface area contributed by atoms with E-state index in [1.54, 1.807) is 0 Å². The van der Waals surface area contributed by atoms with E-state index in [-0.39, 0.29) is 0 Å². The summed E-state index contributed by atoms with van der Waals surface area (Å²) in [5.74, 6) is 0.881. The van der Waals surface area contributed by atoms with Crippen LogP contribution < -0.4 is 5.32 Å². The van der Waals surface area contributed by atoms with E-state index in [0.29, 0.717) is 0 Å². The summed E-state index contributed by atoms with van der Waals surface area (Å²) < 4.78 is 5.32. The molecule has 0 fully saturated rings. The Kier molecular flexibility index (Phi) is 5.06. The molecule has 0 saturated heterocycles. The van der Waals surface area contributed by atoms with Crippen LogP contribution in [0.5, 0.6) is 0 Å². The molecule has 0 aliphatic heterocycles. The van der Waals surface area contributed by atoms with Gasteiger partial charge < -0.3 is 9.84 Å². The largest absolute Gasteiger partial charge is 0.360 e. The predicted molar refractivity (Wildman–Crippen MR) is 73.3 cm³/mol. The molecule has 5 nitrogen and oxygen atoms in total. The lowest BCUT2D eigenvalue weighted by atomic mass is 10.3. The Morgan fingerprint density at radius 3 is 2.89 bits per heavy atom. The van der Waals surface area contributed by atoms with Gasteiger partial charge in [-0.2, -0.15) is 0 Å². The molecule has 0 atom stereocenters. The maximum atomic E-state index is 5.32. The van der Waals surface area contributed by atoms with Crippen LogP contribution in [0.1, 0.15) is 24.1 Å². The van der Waals surface area contributed by atoms with Gasteiger partial charge >= 0.3 is 0 Å². The second-order valence-electron chi connectivity index (χ2n) is 4.56. The van der Waals surface area contributed by atoms with Gasteiger partial charge in [-0.1, -0.05) is 18.1 Å². The van der Waals surface area contributed by atoms with Crippen molar-refractivity contribution in [2.75, 3.05) is 13.6 Å². The van der Waals surface area contributed by atoms with Gasteiger partial charge in [-0.3, -0.25) is 9.88 Å². The van der Waals surface area contributed by atoms with Gasteiger partial charge in [0, 0.05) is 25.4 Å². The van der Waals surface area contributed by atoms with E-state index in [1.807, 2.05) is 37.5 Å². The van der Waals surface area contributed by atoms with Gasteiger partial charge in [0.2, 0.25) is 0 Å². The average molecular weight is 260 g/mol. The Labute approximate surface area is 113 Å². The number of pyridine rings is 1. The molecule has 5 heteroatoms. The molecule has 0 aromatic carbocycles. The molecular formula is C14H20N4O. The number of nitrogens with zero attached hydrogens (tertiary/aromatic N) is 3. The third-order valence-electron chi connectivity index (χ3n) is 2.75. The van der Waals surface area contributed by atoms with E-state index in [4.69, 9.17) is 4.52 Å². The fourth-order valence-electron chi connectivity index (χ4n) is 1.86. The first kappa shape index (κ1) is 13.7. The molecule has 2 aromatic rings. The minimum atomic E-state index is 0.732. The predicted octanol–water partition coefficient (Wildman–Crippen LogP) is 1.81. The summed E-state index contributed by atoms with van der Waals surface area (Å²) in [5.41, 5.74) is 2.00. The number of hydrogen-bond acceptors (Lipinski definition) is 5. The second-order valence-corrected chi connectivity index (χ2v) is 4.56. The highest BCUT2D eigenvalue weighted by Crippen LogP contribution is 2.08. The molecular weight excluding hydrogens is 240 g/mol. The van der Waals surface area contributed by atoms with Crippen LogP contribution in [-0.4, -0.2) is 28.6 Å². The van der Waals surface area contributed by atoms with E-state index in [2.05, 4.69) is 27.3 Å². The van der Waals surface area contributed by atoms with Crippen molar-refractivity contribution in [2.24, 2.45) is 0 Å². The molecule has 0 radical (unpaired) electrons. The van der Waals surface area contributed by atoms with E-state index in [1.165, 1.54) is 0 Å². The van der Waals surface area contributed by atoms with Crippen molar-refractivity contribution in [3.63, 3.8) is 0 Å². The highest BCUT2D eigenvalue weighted by atomic mass is 16.5. The Morgan fingerprint density at radius 1 is 1.26 bits per heavy atom. The Balaban J connectivity index is 1.85. The third kappa shape index (κ3) is 4.46. The molecule has 2 heterocycles. The molecule has 0 aliphatic rings. The summed E-state index contributed by atoms with van der Waals surface area (Å²) in [6, 6.07) is 7.94. The maximum Gasteiger partial charge on any atom is 0.151 e. The summed E-state index contributed by atoms with van der Waals surface area (Å²) in [5, 5.41) is 7.26. The fraction of sp³-hybridized carbons (Fsp3) is 0.429. The Bertz CT molecular complexity index is 483. The van der Waals surface area contributed by atoms with Crippen molar-refractivity contribution >= 4 is 0 Å². The van der Waals surface area contributed by atoms with Gasteiger partial charge in [-0.05, 0) is 25.7 Å². The zero-order valence-electron chi connectivity index (χ0n) is 11.5. The first-order valence-corrected chi connectivity index (χ1v) is 6.51. The molecule has 102 valence electrons. The van der Waals surface area contributed by atoms with Crippen molar-refractivity contribution in [1.82, 2.24) is 20.4 Å². The quantitative estimate of drug-likeness (QED) is 0.823. The van der Waals surface area contributed by atoms with Crippen molar-refractivity contribution in [3.05, 3.63) is 47.6 Å². The zero-order valence-corrected chi connectivity index (χ0v) is 11.5. The van der Waals surface area contributed by atoms with Gasteiger partial charge in [0.15, 0.2) is 5.76 Å². The van der Waals surface area contributed by atoms with Crippen LogP contribution in [0.15, 0.2) is 35.0 Å². The molecule has 0 aliphatic carbocycles. The Hall–Kier alpha value is -1.72. The molecule has 2 rings (SSSR count). The molecule has 0 amide bonds. The van der Waals surface area contributed by atoms with Gasteiger partial charge in [0.25, 0.3) is 0 Å². The number of rotatable bonds is 7. The zero-order chi connectivity index (χ0) is 13.5. The highest BCUT2D eigenvalue weighted by molar-refractivity contribution is 5.06. The van der Waals surface area contributed by atoms with E-state index >= 15 is 0 Å². The van der Waals surface area contributed by atoms with E-state index in [9.17, 15) is 0 Å². The maximum absolute atomic E-state index is 5.32.